The fourth-order valence-corrected chi connectivity index (χ4v) is 4.52. The van der Waals surface area contributed by atoms with Crippen LogP contribution in [0.2, 0.25) is 5.02 Å². The fourth-order valence-electron chi connectivity index (χ4n) is 4.34. The molecule has 2 fully saturated rings. The number of nitrogens with zero attached hydrogens (tertiary/aromatic N) is 1. The van der Waals surface area contributed by atoms with Crippen molar-refractivity contribution in [3.05, 3.63) is 69.7 Å². The molecule has 0 unspecified atom stereocenters. The van der Waals surface area contributed by atoms with Crippen LogP contribution in [0.5, 0.6) is 0 Å². The summed E-state index contributed by atoms with van der Waals surface area (Å²) in [5.74, 6) is 1.09. The number of nitrogens with one attached hydrogen (secondary N) is 1. The van der Waals surface area contributed by atoms with Crippen molar-refractivity contribution in [2.75, 3.05) is 19.6 Å². The van der Waals surface area contributed by atoms with Crippen LogP contribution >= 0.6 is 24.0 Å². The average Bonchev–Trinajstić information content (AvgIpc) is 3.18. The van der Waals surface area contributed by atoms with Gasteiger partial charge in [0, 0.05) is 36.1 Å². The third-order valence-electron chi connectivity index (χ3n) is 5.75. The molecule has 2 aromatic carbocycles. The van der Waals surface area contributed by atoms with E-state index in [4.69, 9.17) is 11.6 Å². The Morgan fingerprint density at radius 3 is 2.62 bits per heavy atom. The van der Waals surface area contributed by atoms with Gasteiger partial charge in [0.25, 0.3) is 5.91 Å². The van der Waals surface area contributed by atoms with Gasteiger partial charge in [-0.1, -0.05) is 41.9 Å². The zero-order valence-electron chi connectivity index (χ0n) is 15.0. The number of carbonyl (C=O) groups is 1. The van der Waals surface area contributed by atoms with Gasteiger partial charge in [0.05, 0.1) is 6.04 Å². The van der Waals surface area contributed by atoms with E-state index in [1.165, 1.54) is 11.1 Å². The van der Waals surface area contributed by atoms with E-state index in [1.807, 2.05) is 19.1 Å². The Morgan fingerprint density at radius 1 is 1.12 bits per heavy atom. The molecule has 1 N–H and O–H groups in total. The minimum atomic E-state index is 0. The molecule has 2 heterocycles. The Hall–Kier alpha value is -1.55. The molecule has 0 spiro atoms. The van der Waals surface area contributed by atoms with Crippen LogP contribution in [0.25, 0.3) is 0 Å². The van der Waals surface area contributed by atoms with Crippen molar-refractivity contribution in [1.82, 2.24) is 10.2 Å². The molecular formula is C21H24Cl2N2O. The molecule has 138 valence electrons. The van der Waals surface area contributed by atoms with Crippen LogP contribution in [0.15, 0.2) is 42.5 Å². The summed E-state index contributed by atoms with van der Waals surface area (Å²) in [6.07, 6.45) is 0. The Balaban J connectivity index is 0.00000196. The number of likely N-dealkylation sites (tertiary alicyclic amines) is 1. The summed E-state index contributed by atoms with van der Waals surface area (Å²) >= 11 is 6.26. The fraction of sp³-hybridized carbons (Fsp3) is 0.381. The normalized spacial score (nSPS) is 24.3. The average molecular weight is 391 g/mol. The lowest BCUT2D eigenvalue weighted by atomic mass is 9.87. The molecule has 1 amide bonds. The highest BCUT2D eigenvalue weighted by Gasteiger charge is 2.47. The molecule has 5 heteroatoms. The Labute approximate surface area is 166 Å². The van der Waals surface area contributed by atoms with Gasteiger partial charge >= 0.3 is 0 Å². The van der Waals surface area contributed by atoms with Crippen LogP contribution in [0.4, 0.5) is 0 Å². The summed E-state index contributed by atoms with van der Waals surface area (Å²) in [5, 5.41) is 4.15. The lowest BCUT2D eigenvalue weighted by molar-refractivity contribution is 0.0713. The van der Waals surface area contributed by atoms with Crippen molar-refractivity contribution >= 4 is 29.9 Å². The van der Waals surface area contributed by atoms with Gasteiger partial charge in [-0.2, -0.15) is 0 Å². The topological polar surface area (TPSA) is 32.3 Å². The summed E-state index contributed by atoms with van der Waals surface area (Å²) in [4.78, 5) is 15.4. The molecular weight excluding hydrogens is 367 g/mol. The molecule has 2 aromatic rings. The van der Waals surface area contributed by atoms with Crippen molar-refractivity contribution < 1.29 is 4.79 Å². The maximum atomic E-state index is 13.3. The van der Waals surface area contributed by atoms with Crippen LogP contribution in [-0.4, -0.2) is 30.4 Å². The third-order valence-corrected chi connectivity index (χ3v) is 6.16. The molecule has 0 aromatic heterocycles. The molecule has 2 aliphatic rings. The summed E-state index contributed by atoms with van der Waals surface area (Å²) in [5.41, 5.74) is 4.20. The summed E-state index contributed by atoms with van der Waals surface area (Å²) in [6, 6.07) is 14.2. The predicted octanol–water partition coefficient (Wildman–Crippen LogP) is 4.41. The molecule has 0 bridgehead atoms. The second kappa shape index (κ2) is 7.59. The molecule has 26 heavy (non-hydrogen) atoms. The molecule has 0 radical (unpaired) electrons. The molecule has 0 aliphatic carbocycles. The van der Waals surface area contributed by atoms with E-state index in [2.05, 4.69) is 41.4 Å². The lowest BCUT2D eigenvalue weighted by Crippen LogP contribution is -2.35. The molecule has 2 saturated heterocycles. The number of rotatable bonds is 2. The van der Waals surface area contributed by atoms with Gasteiger partial charge in [-0.05, 0) is 48.6 Å². The number of carbonyl (C=O) groups excluding carboxylic acids is 1. The van der Waals surface area contributed by atoms with E-state index in [9.17, 15) is 4.79 Å². The van der Waals surface area contributed by atoms with Crippen molar-refractivity contribution in [3.63, 3.8) is 0 Å². The lowest BCUT2D eigenvalue weighted by Gasteiger charge is -2.29. The highest BCUT2D eigenvalue weighted by Crippen LogP contribution is 2.44. The first-order chi connectivity index (χ1) is 12.1. The Bertz CT molecular complexity index is 823. The number of benzene rings is 2. The zero-order chi connectivity index (χ0) is 17.6. The van der Waals surface area contributed by atoms with Crippen LogP contribution in [0.3, 0.4) is 0 Å². The SMILES string of the molecule is Cc1ccc(C(=O)N2C[C@@H]3CNC[C@@H]3[C@H]2c2ccccc2C)cc1Cl.Cl. The standard InChI is InChI=1S/C21H23ClN2O.ClH/c1-13-5-3-4-6-17(13)20-18-11-23-10-16(18)12-24(20)21(25)15-8-7-14(2)19(22)9-15;/h3-9,16,18,20,23H,10-12H2,1-2H3;1H/t16-,18-,20+;/m0./s1. The van der Waals surface area contributed by atoms with E-state index in [-0.39, 0.29) is 24.4 Å². The van der Waals surface area contributed by atoms with Crippen LogP contribution in [0, 0.1) is 25.7 Å². The number of hydrogen-bond acceptors (Lipinski definition) is 2. The highest BCUT2D eigenvalue weighted by atomic mass is 35.5. The second-order valence-electron chi connectivity index (χ2n) is 7.31. The Morgan fingerprint density at radius 2 is 1.88 bits per heavy atom. The van der Waals surface area contributed by atoms with E-state index < -0.39 is 0 Å². The Kier molecular flexibility index (Phi) is 5.61. The first kappa shape index (κ1) is 19.2. The number of hydrogen-bond donors (Lipinski definition) is 1. The number of amides is 1. The van der Waals surface area contributed by atoms with Crippen LogP contribution < -0.4 is 5.32 Å². The summed E-state index contributed by atoms with van der Waals surface area (Å²) in [6.45, 7) is 6.86. The minimum absolute atomic E-state index is 0. The van der Waals surface area contributed by atoms with Crippen LogP contribution in [0.1, 0.15) is 33.1 Å². The summed E-state index contributed by atoms with van der Waals surface area (Å²) < 4.78 is 0. The quantitative estimate of drug-likeness (QED) is 0.823. The van der Waals surface area contributed by atoms with Gasteiger partial charge in [0.1, 0.15) is 0 Å². The van der Waals surface area contributed by atoms with Gasteiger partial charge in [-0.25, -0.2) is 0 Å². The molecule has 4 rings (SSSR count). The first-order valence-electron chi connectivity index (χ1n) is 8.89. The maximum absolute atomic E-state index is 13.3. The van der Waals surface area contributed by atoms with Gasteiger partial charge < -0.3 is 10.2 Å². The smallest absolute Gasteiger partial charge is 0.254 e. The monoisotopic (exact) mass is 390 g/mol. The zero-order valence-corrected chi connectivity index (χ0v) is 16.6. The third kappa shape index (κ3) is 3.24. The minimum Gasteiger partial charge on any atom is -0.331 e. The number of halogens is 2. The van der Waals surface area contributed by atoms with E-state index >= 15 is 0 Å². The van der Waals surface area contributed by atoms with Gasteiger partial charge in [0.15, 0.2) is 0 Å². The largest absolute Gasteiger partial charge is 0.331 e. The van der Waals surface area contributed by atoms with Crippen molar-refractivity contribution in [3.8, 4) is 0 Å². The van der Waals surface area contributed by atoms with Gasteiger partial charge in [0.2, 0.25) is 0 Å². The van der Waals surface area contributed by atoms with E-state index in [1.54, 1.807) is 6.07 Å². The van der Waals surface area contributed by atoms with Crippen molar-refractivity contribution in [2.24, 2.45) is 11.8 Å². The highest BCUT2D eigenvalue weighted by molar-refractivity contribution is 6.31. The van der Waals surface area contributed by atoms with Crippen LogP contribution in [-0.2, 0) is 0 Å². The van der Waals surface area contributed by atoms with Gasteiger partial charge in [-0.15, -0.1) is 12.4 Å². The number of fused-ring (bicyclic) bond motifs is 1. The summed E-state index contributed by atoms with van der Waals surface area (Å²) in [7, 11) is 0. The predicted molar refractivity (Wildman–Crippen MR) is 108 cm³/mol. The molecule has 3 nitrogen and oxygen atoms in total. The molecule has 3 atom stereocenters. The molecule has 0 saturated carbocycles. The van der Waals surface area contributed by atoms with Gasteiger partial charge in [-0.3, -0.25) is 4.79 Å². The van der Waals surface area contributed by atoms with E-state index in [0.29, 0.717) is 22.4 Å². The first-order valence-corrected chi connectivity index (χ1v) is 9.27. The van der Waals surface area contributed by atoms with Crippen molar-refractivity contribution in [2.45, 2.75) is 19.9 Å². The van der Waals surface area contributed by atoms with Crippen molar-refractivity contribution in [1.29, 1.82) is 0 Å². The van der Waals surface area contributed by atoms with E-state index in [0.717, 1.165) is 25.2 Å². The second-order valence-corrected chi connectivity index (χ2v) is 7.71. The maximum Gasteiger partial charge on any atom is 0.254 e. The number of aryl methyl sites for hydroxylation is 2. The molecule has 2 aliphatic heterocycles.